The van der Waals surface area contributed by atoms with Gasteiger partial charge in [-0.3, -0.25) is 4.79 Å². The van der Waals surface area contributed by atoms with Gasteiger partial charge in [0.05, 0.1) is 12.7 Å². The molecule has 0 aliphatic carbocycles. The molecule has 0 aromatic carbocycles. The minimum atomic E-state index is 0.0589. The molecule has 3 aliphatic heterocycles. The smallest absolute Gasteiger partial charge is 0.320 e. The van der Waals surface area contributed by atoms with E-state index >= 15 is 0 Å². The van der Waals surface area contributed by atoms with Crippen molar-refractivity contribution in [2.24, 2.45) is 11.8 Å². The van der Waals surface area contributed by atoms with Gasteiger partial charge < -0.3 is 19.9 Å². The molecule has 0 aromatic rings. The maximum absolute atomic E-state index is 12.4. The average molecular weight is 281 g/mol. The molecule has 112 valence electrons. The van der Waals surface area contributed by atoms with E-state index in [4.69, 9.17) is 4.74 Å². The normalized spacial score (nSPS) is 32.5. The van der Waals surface area contributed by atoms with Crippen molar-refractivity contribution < 1.29 is 14.3 Å². The maximum Gasteiger partial charge on any atom is 0.320 e. The maximum atomic E-state index is 12.4. The van der Waals surface area contributed by atoms with Crippen molar-refractivity contribution in [2.75, 3.05) is 39.8 Å². The standard InChI is InChI=1S/C14H23N3O3/c1-15-13(18)6-10-9-20-12-8-17(7-11(10)12)14(19)16-4-2-3-5-16/h10-12H,2-9H2,1H3,(H,15,18)/t10-,11+,12-/m1/s1. The zero-order valence-electron chi connectivity index (χ0n) is 12.0. The molecule has 3 fully saturated rings. The van der Waals surface area contributed by atoms with Crippen LogP contribution in [-0.4, -0.2) is 67.7 Å². The lowest BCUT2D eigenvalue weighted by molar-refractivity contribution is -0.121. The highest BCUT2D eigenvalue weighted by Crippen LogP contribution is 2.36. The fraction of sp³-hybridized carbons (Fsp3) is 0.857. The first-order chi connectivity index (χ1) is 9.69. The molecule has 3 heterocycles. The fourth-order valence-corrected chi connectivity index (χ4v) is 3.61. The summed E-state index contributed by atoms with van der Waals surface area (Å²) in [5, 5.41) is 2.67. The van der Waals surface area contributed by atoms with Crippen molar-refractivity contribution >= 4 is 11.9 Å². The molecule has 0 bridgehead atoms. The quantitative estimate of drug-likeness (QED) is 0.791. The third-order valence-electron chi connectivity index (χ3n) is 4.81. The van der Waals surface area contributed by atoms with Crippen LogP contribution in [0.1, 0.15) is 19.3 Å². The minimum Gasteiger partial charge on any atom is -0.376 e. The van der Waals surface area contributed by atoms with Crippen LogP contribution in [0.5, 0.6) is 0 Å². The van der Waals surface area contributed by atoms with Crippen LogP contribution in [0.2, 0.25) is 0 Å². The SMILES string of the molecule is CNC(=O)C[C@@H]1CO[C@@H]2CN(C(=O)N3CCCC3)C[C@@H]12. The molecule has 6 heteroatoms. The number of hydrogen-bond acceptors (Lipinski definition) is 3. The van der Waals surface area contributed by atoms with E-state index in [-0.39, 0.29) is 24.0 Å². The first kappa shape index (κ1) is 13.7. The highest BCUT2D eigenvalue weighted by molar-refractivity contribution is 5.76. The lowest BCUT2D eigenvalue weighted by atomic mass is 9.90. The molecule has 1 N–H and O–H groups in total. The summed E-state index contributed by atoms with van der Waals surface area (Å²) in [4.78, 5) is 27.8. The fourth-order valence-electron chi connectivity index (χ4n) is 3.61. The topological polar surface area (TPSA) is 61.9 Å². The Balaban J connectivity index is 1.58. The summed E-state index contributed by atoms with van der Waals surface area (Å²) in [6.45, 7) is 3.83. The summed E-state index contributed by atoms with van der Waals surface area (Å²) in [5.74, 6) is 0.624. The lowest BCUT2D eigenvalue weighted by Crippen LogP contribution is -2.41. The molecule has 0 spiro atoms. The molecular formula is C14H23N3O3. The molecule has 3 aliphatic rings. The van der Waals surface area contributed by atoms with Crippen LogP contribution in [0.25, 0.3) is 0 Å². The van der Waals surface area contributed by atoms with Gasteiger partial charge >= 0.3 is 6.03 Å². The van der Waals surface area contributed by atoms with Gasteiger partial charge in [-0.05, 0) is 18.8 Å². The number of ether oxygens (including phenoxy) is 1. The number of carbonyl (C=O) groups is 2. The Kier molecular flexibility index (Phi) is 3.83. The molecule has 20 heavy (non-hydrogen) atoms. The number of fused-ring (bicyclic) bond motifs is 1. The van der Waals surface area contributed by atoms with E-state index in [1.54, 1.807) is 7.05 Å². The van der Waals surface area contributed by atoms with Crippen LogP contribution in [0.15, 0.2) is 0 Å². The van der Waals surface area contributed by atoms with Gasteiger partial charge in [-0.2, -0.15) is 0 Å². The largest absolute Gasteiger partial charge is 0.376 e. The van der Waals surface area contributed by atoms with Gasteiger partial charge in [-0.15, -0.1) is 0 Å². The van der Waals surface area contributed by atoms with E-state index in [9.17, 15) is 9.59 Å². The van der Waals surface area contributed by atoms with Gasteiger partial charge in [0.15, 0.2) is 0 Å². The molecular weight excluding hydrogens is 258 g/mol. The number of carbonyl (C=O) groups excluding carboxylic acids is 2. The van der Waals surface area contributed by atoms with Crippen molar-refractivity contribution in [3.63, 3.8) is 0 Å². The molecule has 3 rings (SSSR count). The second-order valence-corrected chi connectivity index (χ2v) is 6.05. The van der Waals surface area contributed by atoms with Gasteiger partial charge in [0, 0.05) is 45.6 Å². The Morgan fingerprint density at radius 2 is 1.95 bits per heavy atom. The van der Waals surface area contributed by atoms with Gasteiger partial charge in [-0.1, -0.05) is 0 Å². The lowest BCUT2D eigenvalue weighted by Gasteiger charge is -2.25. The Hall–Kier alpha value is -1.30. The zero-order valence-corrected chi connectivity index (χ0v) is 12.0. The molecule has 0 aromatic heterocycles. The zero-order chi connectivity index (χ0) is 14.1. The number of amides is 3. The van der Waals surface area contributed by atoms with Gasteiger partial charge in [0.2, 0.25) is 5.91 Å². The molecule has 0 unspecified atom stereocenters. The number of urea groups is 1. The molecule has 0 saturated carbocycles. The highest BCUT2D eigenvalue weighted by atomic mass is 16.5. The van der Waals surface area contributed by atoms with E-state index in [0.717, 1.165) is 32.5 Å². The highest BCUT2D eigenvalue weighted by Gasteiger charge is 2.46. The second kappa shape index (κ2) is 5.60. The van der Waals surface area contributed by atoms with Gasteiger partial charge in [0.1, 0.15) is 0 Å². The average Bonchev–Trinajstić information content (AvgIpc) is 3.15. The van der Waals surface area contributed by atoms with Crippen molar-refractivity contribution in [3.8, 4) is 0 Å². The number of likely N-dealkylation sites (tertiary alicyclic amines) is 2. The number of hydrogen-bond donors (Lipinski definition) is 1. The summed E-state index contributed by atoms with van der Waals surface area (Å²) >= 11 is 0. The Labute approximate surface area is 119 Å². The van der Waals surface area contributed by atoms with E-state index in [1.165, 1.54) is 0 Å². The van der Waals surface area contributed by atoms with Crippen molar-refractivity contribution in [1.82, 2.24) is 15.1 Å². The van der Waals surface area contributed by atoms with Crippen LogP contribution in [0.3, 0.4) is 0 Å². The van der Waals surface area contributed by atoms with Crippen LogP contribution in [0, 0.1) is 11.8 Å². The molecule has 6 nitrogen and oxygen atoms in total. The molecule has 0 radical (unpaired) electrons. The van der Waals surface area contributed by atoms with E-state index in [2.05, 4.69) is 5.32 Å². The van der Waals surface area contributed by atoms with Crippen LogP contribution >= 0.6 is 0 Å². The van der Waals surface area contributed by atoms with E-state index in [1.807, 2.05) is 9.80 Å². The molecule has 3 saturated heterocycles. The van der Waals surface area contributed by atoms with Gasteiger partial charge in [0.25, 0.3) is 0 Å². The number of nitrogens with one attached hydrogen (secondary N) is 1. The van der Waals surface area contributed by atoms with Crippen molar-refractivity contribution in [2.45, 2.75) is 25.4 Å². The van der Waals surface area contributed by atoms with Crippen LogP contribution < -0.4 is 5.32 Å². The van der Waals surface area contributed by atoms with E-state index in [0.29, 0.717) is 25.5 Å². The summed E-state index contributed by atoms with van der Waals surface area (Å²) in [6.07, 6.45) is 2.85. The number of rotatable bonds is 2. The summed E-state index contributed by atoms with van der Waals surface area (Å²) in [7, 11) is 1.66. The van der Waals surface area contributed by atoms with Crippen molar-refractivity contribution in [3.05, 3.63) is 0 Å². The predicted octanol–water partition coefficient (Wildman–Crippen LogP) is 0.285. The Morgan fingerprint density at radius 3 is 2.65 bits per heavy atom. The Morgan fingerprint density at radius 1 is 1.20 bits per heavy atom. The number of nitrogens with zero attached hydrogens (tertiary/aromatic N) is 2. The summed E-state index contributed by atoms with van der Waals surface area (Å²) < 4.78 is 5.79. The second-order valence-electron chi connectivity index (χ2n) is 6.05. The minimum absolute atomic E-state index is 0.0589. The molecule has 3 amide bonds. The monoisotopic (exact) mass is 281 g/mol. The first-order valence-corrected chi connectivity index (χ1v) is 7.55. The van der Waals surface area contributed by atoms with Crippen LogP contribution in [-0.2, 0) is 9.53 Å². The molecule has 3 atom stereocenters. The Bertz CT molecular complexity index is 395. The summed E-state index contributed by atoms with van der Waals surface area (Å²) in [5.41, 5.74) is 0. The van der Waals surface area contributed by atoms with Crippen molar-refractivity contribution in [1.29, 1.82) is 0 Å². The summed E-state index contributed by atoms with van der Waals surface area (Å²) in [6, 6.07) is 0.152. The van der Waals surface area contributed by atoms with Gasteiger partial charge in [-0.25, -0.2) is 4.79 Å². The predicted molar refractivity (Wildman–Crippen MR) is 73.2 cm³/mol. The third-order valence-corrected chi connectivity index (χ3v) is 4.81. The first-order valence-electron chi connectivity index (χ1n) is 7.55. The van der Waals surface area contributed by atoms with Crippen LogP contribution in [0.4, 0.5) is 4.79 Å². The third kappa shape index (κ3) is 2.49. The van der Waals surface area contributed by atoms with E-state index < -0.39 is 0 Å².